The highest BCUT2D eigenvalue weighted by molar-refractivity contribution is 5.93. The molecule has 4 rings (SSSR count). The highest BCUT2D eigenvalue weighted by Gasteiger charge is 2.23. The molecule has 8 heteroatoms. The molecule has 3 aromatic rings. The second kappa shape index (κ2) is 6.62. The lowest BCUT2D eigenvalue weighted by Gasteiger charge is -2.25. The average molecular weight is 352 g/mol. The number of hydrogen-bond donors (Lipinski definition) is 2. The van der Waals surface area contributed by atoms with Crippen LogP contribution in [0.5, 0.6) is 0 Å². The van der Waals surface area contributed by atoms with Crippen LogP contribution >= 0.6 is 0 Å². The molecule has 134 valence electrons. The maximum absolute atomic E-state index is 12.5. The van der Waals surface area contributed by atoms with Gasteiger partial charge in [-0.3, -0.25) is 9.89 Å². The Hall–Kier alpha value is -3.16. The van der Waals surface area contributed by atoms with Gasteiger partial charge in [-0.1, -0.05) is 0 Å². The Kier molecular flexibility index (Phi) is 4.16. The van der Waals surface area contributed by atoms with Gasteiger partial charge in [-0.25, -0.2) is 9.97 Å². The smallest absolute Gasteiger partial charge is 0.272 e. The summed E-state index contributed by atoms with van der Waals surface area (Å²) in [6.45, 7) is 0. The van der Waals surface area contributed by atoms with Gasteiger partial charge in [0, 0.05) is 38.1 Å². The second-order valence-corrected chi connectivity index (χ2v) is 6.59. The summed E-state index contributed by atoms with van der Waals surface area (Å²) in [5, 5.41) is 9.97. The minimum Gasteiger partial charge on any atom is -0.463 e. The number of nitrogens with one attached hydrogen (secondary N) is 2. The molecule has 0 saturated carbocycles. The Labute approximate surface area is 150 Å². The van der Waals surface area contributed by atoms with E-state index in [-0.39, 0.29) is 11.9 Å². The second-order valence-electron chi connectivity index (χ2n) is 6.59. The van der Waals surface area contributed by atoms with Crippen LogP contribution in [0.2, 0.25) is 0 Å². The number of hydrogen-bond acceptors (Lipinski definition) is 6. The highest BCUT2D eigenvalue weighted by atomic mass is 16.3. The van der Waals surface area contributed by atoms with Gasteiger partial charge in [0.15, 0.2) is 11.5 Å². The molecule has 1 aliphatic rings. The van der Waals surface area contributed by atoms with Crippen molar-refractivity contribution < 1.29 is 9.21 Å². The van der Waals surface area contributed by atoms with Crippen molar-refractivity contribution in [3.05, 3.63) is 47.6 Å². The van der Waals surface area contributed by atoms with Crippen molar-refractivity contribution >= 4 is 11.9 Å². The maximum atomic E-state index is 12.5. The zero-order valence-corrected chi connectivity index (χ0v) is 14.7. The molecule has 0 fully saturated rings. The minimum atomic E-state index is -0.196. The predicted octanol–water partition coefficient (Wildman–Crippen LogP) is 1.81. The Bertz CT molecular complexity index is 916. The van der Waals surface area contributed by atoms with E-state index >= 15 is 0 Å². The van der Waals surface area contributed by atoms with E-state index < -0.39 is 0 Å². The van der Waals surface area contributed by atoms with E-state index in [1.165, 1.54) is 0 Å². The molecular formula is C18H20N6O2. The van der Waals surface area contributed by atoms with Gasteiger partial charge < -0.3 is 14.6 Å². The van der Waals surface area contributed by atoms with E-state index in [1.807, 2.05) is 31.3 Å². The zero-order valence-electron chi connectivity index (χ0n) is 14.7. The van der Waals surface area contributed by atoms with Crippen LogP contribution < -0.4 is 10.2 Å². The number of H-pyrrole nitrogens is 1. The van der Waals surface area contributed by atoms with E-state index in [4.69, 9.17) is 4.42 Å². The van der Waals surface area contributed by atoms with Crippen molar-refractivity contribution in [1.82, 2.24) is 25.5 Å². The Balaban J connectivity index is 1.43. The van der Waals surface area contributed by atoms with Crippen molar-refractivity contribution in [3.63, 3.8) is 0 Å². The maximum Gasteiger partial charge on any atom is 0.272 e. The molecule has 0 aromatic carbocycles. The molecule has 8 nitrogen and oxygen atoms in total. The molecule has 0 bridgehead atoms. The van der Waals surface area contributed by atoms with E-state index in [1.54, 1.807) is 18.4 Å². The van der Waals surface area contributed by atoms with Gasteiger partial charge in [0.05, 0.1) is 6.26 Å². The summed E-state index contributed by atoms with van der Waals surface area (Å²) >= 11 is 0. The summed E-state index contributed by atoms with van der Waals surface area (Å²) < 4.78 is 5.31. The quantitative estimate of drug-likeness (QED) is 0.743. The van der Waals surface area contributed by atoms with E-state index in [0.717, 1.165) is 30.5 Å². The van der Waals surface area contributed by atoms with E-state index in [9.17, 15) is 4.79 Å². The summed E-state index contributed by atoms with van der Waals surface area (Å²) in [5.74, 6) is 1.17. The summed E-state index contributed by atoms with van der Waals surface area (Å²) in [5.41, 5.74) is 3.18. The molecule has 3 heterocycles. The fourth-order valence-corrected chi connectivity index (χ4v) is 3.09. The molecule has 3 aromatic heterocycles. The molecule has 26 heavy (non-hydrogen) atoms. The third-order valence-corrected chi connectivity index (χ3v) is 4.47. The first-order valence-electron chi connectivity index (χ1n) is 8.52. The standard InChI is InChI=1S/C18H20N6O2/c1-24(2)18-19-10-11-8-12(5-6-13(11)21-18)20-17(25)15-9-14(22-23-15)16-4-3-7-26-16/h3-4,7,9-10,12H,5-6,8H2,1-2H3,(H,20,25)(H,22,23)/t12-/m0/s1. The molecule has 1 aliphatic carbocycles. The van der Waals surface area contributed by atoms with Crippen LogP contribution in [0.15, 0.2) is 35.1 Å². The summed E-state index contributed by atoms with van der Waals surface area (Å²) in [6, 6.07) is 5.35. The van der Waals surface area contributed by atoms with Crippen molar-refractivity contribution in [1.29, 1.82) is 0 Å². The third-order valence-electron chi connectivity index (χ3n) is 4.47. The number of rotatable bonds is 4. The Morgan fingerprint density at radius 2 is 2.31 bits per heavy atom. The molecule has 0 aliphatic heterocycles. The lowest BCUT2D eigenvalue weighted by atomic mass is 9.93. The van der Waals surface area contributed by atoms with Crippen LogP contribution in [0.3, 0.4) is 0 Å². The number of fused-ring (bicyclic) bond motifs is 1. The molecular weight excluding hydrogens is 332 g/mol. The number of aromatic nitrogens is 4. The number of amides is 1. The first-order chi connectivity index (χ1) is 12.6. The number of carbonyl (C=O) groups excluding carboxylic acids is 1. The minimum absolute atomic E-state index is 0.0487. The van der Waals surface area contributed by atoms with Gasteiger partial charge in [-0.2, -0.15) is 5.10 Å². The average Bonchev–Trinajstić information content (AvgIpc) is 3.32. The number of anilines is 1. The fraction of sp³-hybridized carbons (Fsp3) is 0.333. The van der Waals surface area contributed by atoms with Gasteiger partial charge >= 0.3 is 0 Å². The van der Waals surface area contributed by atoms with Crippen molar-refractivity contribution in [2.24, 2.45) is 0 Å². The lowest BCUT2D eigenvalue weighted by molar-refractivity contribution is 0.0928. The van der Waals surface area contributed by atoms with Gasteiger partial charge in [0.2, 0.25) is 5.95 Å². The predicted molar refractivity (Wildman–Crippen MR) is 95.9 cm³/mol. The zero-order chi connectivity index (χ0) is 18.1. The summed E-state index contributed by atoms with van der Waals surface area (Å²) in [7, 11) is 3.85. The molecule has 1 amide bonds. The van der Waals surface area contributed by atoms with Crippen molar-refractivity contribution in [2.75, 3.05) is 19.0 Å². The fourth-order valence-electron chi connectivity index (χ4n) is 3.09. The normalized spacial score (nSPS) is 16.2. The number of carbonyl (C=O) groups is 1. The van der Waals surface area contributed by atoms with Gasteiger partial charge in [0.25, 0.3) is 5.91 Å². The Morgan fingerprint density at radius 3 is 3.08 bits per heavy atom. The van der Waals surface area contributed by atoms with Crippen molar-refractivity contribution in [3.8, 4) is 11.5 Å². The van der Waals surface area contributed by atoms with Crippen LogP contribution in [0.25, 0.3) is 11.5 Å². The van der Waals surface area contributed by atoms with Gasteiger partial charge in [0.1, 0.15) is 5.69 Å². The molecule has 0 saturated heterocycles. The Morgan fingerprint density at radius 1 is 1.42 bits per heavy atom. The number of nitrogens with zero attached hydrogens (tertiary/aromatic N) is 4. The van der Waals surface area contributed by atoms with Crippen LogP contribution in [0.1, 0.15) is 28.2 Å². The van der Waals surface area contributed by atoms with Crippen LogP contribution in [-0.4, -0.2) is 46.2 Å². The number of aryl methyl sites for hydroxylation is 1. The summed E-state index contributed by atoms with van der Waals surface area (Å²) in [6.07, 6.45) is 5.84. The third kappa shape index (κ3) is 3.17. The number of furan rings is 1. The molecule has 0 spiro atoms. The number of aromatic amines is 1. The van der Waals surface area contributed by atoms with Crippen LogP contribution in [-0.2, 0) is 12.8 Å². The highest BCUT2D eigenvalue weighted by Crippen LogP contribution is 2.22. The topological polar surface area (TPSA) is 99.9 Å². The summed E-state index contributed by atoms with van der Waals surface area (Å²) in [4.78, 5) is 23.3. The van der Waals surface area contributed by atoms with Crippen LogP contribution in [0, 0.1) is 0 Å². The van der Waals surface area contributed by atoms with Gasteiger partial charge in [-0.15, -0.1) is 0 Å². The molecule has 0 unspecified atom stereocenters. The molecule has 2 N–H and O–H groups in total. The monoisotopic (exact) mass is 352 g/mol. The lowest BCUT2D eigenvalue weighted by Crippen LogP contribution is -2.39. The first kappa shape index (κ1) is 16.3. The van der Waals surface area contributed by atoms with E-state index in [0.29, 0.717) is 23.1 Å². The van der Waals surface area contributed by atoms with Crippen molar-refractivity contribution in [2.45, 2.75) is 25.3 Å². The first-order valence-corrected chi connectivity index (χ1v) is 8.52. The molecule has 1 atom stereocenters. The van der Waals surface area contributed by atoms with E-state index in [2.05, 4.69) is 25.5 Å². The SMILES string of the molecule is CN(C)c1ncc2c(n1)CC[C@H](NC(=O)c1cc(-c3ccco3)[nH]n1)C2. The van der Waals surface area contributed by atoms with Gasteiger partial charge in [-0.05, 0) is 37.0 Å². The van der Waals surface area contributed by atoms with Crippen LogP contribution in [0.4, 0.5) is 5.95 Å². The molecule has 0 radical (unpaired) electrons. The largest absolute Gasteiger partial charge is 0.463 e.